The predicted molar refractivity (Wildman–Crippen MR) is 124 cm³/mol. The van der Waals surface area contributed by atoms with Crippen LogP contribution in [0.15, 0.2) is 48.5 Å². The Bertz CT molecular complexity index is 1110. The molecule has 0 saturated carbocycles. The molecule has 1 fully saturated rings. The van der Waals surface area contributed by atoms with Crippen molar-refractivity contribution in [1.82, 2.24) is 14.9 Å². The molecule has 0 aliphatic carbocycles. The van der Waals surface area contributed by atoms with Crippen molar-refractivity contribution in [2.75, 3.05) is 19.7 Å². The van der Waals surface area contributed by atoms with E-state index in [0.29, 0.717) is 49.4 Å². The fourth-order valence-corrected chi connectivity index (χ4v) is 4.67. The molecule has 1 aromatic heterocycles. The number of ether oxygens (including phenoxy) is 1. The molecule has 33 heavy (non-hydrogen) atoms. The minimum Gasteiger partial charge on any atom is -0.466 e. The Labute approximate surface area is 193 Å². The van der Waals surface area contributed by atoms with Crippen molar-refractivity contribution >= 4 is 22.9 Å². The molecule has 2 heterocycles. The van der Waals surface area contributed by atoms with Crippen LogP contribution in [0, 0.1) is 11.2 Å². The van der Waals surface area contributed by atoms with Crippen molar-refractivity contribution in [3.63, 3.8) is 0 Å². The van der Waals surface area contributed by atoms with E-state index in [1.54, 1.807) is 11.0 Å². The molecule has 1 amide bonds. The molecule has 3 aromatic rings. The van der Waals surface area contributed by atoms with E-state index in [4.69, 9.17) is 4.74 Å². The zero-order chi connectivity index (χ0) is 23.3. The Morgan fingerprint density at radius 3 is 2.79 bits per heavy atom. The SMILES string of the molecule is CCOC(=O)C1(CCc2ccccc2)CCCN(C(=O)CCc2nc3ccc(F)cc3[nH]2)C1. The van der Waals surface area contributed by atoms with Gasteiger partial charge in [-0.1, -0.05) is 30.3 Å². The standard InChI is InChI=1S/C26H30FN3O3/c1-2-33-25(32)26(15-13-19-7-4-3-5-8-19)14-6-16-30(18-26)24(31)12-11-23-28-21-10-9-20(27)17-22(21)29-23/h3-5,7-10,17H,2,6,11-16,18H2,1H3,(H,28,29). The van der Waals surface area contributed by atoms with Crippen LogP contribution in [0.4, 0.5) is 4.39 Å². The van der Waals surface area contributed by atoms with Gasteiger partial charge in [0, 0.05) is 25.9 Å². The minimum absolute atomic E-state index is 0.00489. The third-order valence-corrected chi connectivity index (χ3v) is 6.44. The highest BCUT2D eigenvalue weighted by atomic mass is 19.1. The number of aromatic amines is 1. The molecule has 1 aliphatic rings. The van der Waals surface area contributed by atoms with Gasteiger partial charge in [0.15, 0.2) is 0 Å². The number of halogens is 1. The molecule has 1 atom stereocenters. The van der Waals surface area contributed by atoms with Gasteiger partial charge < -0.3 is 14.6 Å². The summed E-state index contributed by atoms with van der Waals surface area (Å²) in [6, 6.07) is 14.5. The topological polar surface area (TPSA) is 75.3 Å². The number of H-pyrrole nitrogens is 1. The highest BCUT2D eigenvalue weighted by molar-refractivity contribution is 5.81. The number of piperidine rings is 1. The number of nitrogens with one attached hydrogen (secondary N) is 1. The number of hydrogen-bond donors (Lipinski definition) is 1. The molecule has 6 nitrogen and oxygen atoms in total. The highest BCUT2D eigenvalue weighted by Crippen LogP contribution is 2.36. The molecule has 1 N–H and O–H groups in total. The van der Waals surface area contributed by atoms with Gasteiger partial charge >= 0.3 is 5.97 Å². The number of rotatable bonds is 8. The van der Waals surface area contributed by atoms with Crippen LogP contribution in [0.2, 0.25) is 0 Å². The average Bonchev–Trinajstić information content (AvgIpc) is 3.24. The van der Waals surface area contributed by atoms with Gasteiger partial charge in [0.2, 0.25) is 5.91 Å². The first-order valence-corrected chi connectivity index (χ1v) is 11.6. The molecule has 2 aromatic carbocycles. The summed E-state index contributed by atoms with van der Waals surface area (Å²) >= 11 is 0. The predicted octanol–water partition coefficient (Wildman–Crippen LogP) is 4.44. The first kappa shape index (κ1) is 23.0. The van der Waals surface area contributed by atoms with Crippen LogP contribution >= 0.6 is 0 Å². The van der Waals surface area contributed by atoms with Crippen molar-refractivity contribution < 1.29 is 18.7 Å². The van der Waals surface area contributed by atoms with Crippen LogP contribution in [0.25, 0.3) is 11.0 Å². The first-order chi connectivity index (χ1) is 16.0. The molecule has 174 valence electrons. The van der Waals surface area contributed by atoms with E-state index in [9.17, 15) is 14.0 Å². The van der Waals surface area contributed by atoms with E-state index in [2.05, 4.69) is 22.1 Å². The number of aryl methyl sites for hydroxylation is 2. The van der Waals surface area contributed by atoms with Crippen LogP contribution in [0.1, 0.15) is 44.0 Å². The van der Waals surface area contributed by atoms with Gasteiger partial charge in [-0.3, -0.25) is 9.59 Å². The smallest absolute Gasteiger partial charge is 0.313 e. The molecular formula is C26H30FN3O3. The van der Waals surface area contributed by atoms with E-state index in [0.717, 1.165) is 19.3 Å². The van der Waals surface area contributed by atoms with Gasteiger partial charge in [-0.05, 0) is 56.4 Å². The lowest BCUT2D eigenvalue weighted by atomic mass is 9.75. The van der Waals surface area contributed by atoms with E-state index in [-0.39, 0.29) is 24.1 Å². The summed E-state index contributed by atoms with van der Waals surface area (Å²) in [5, 5.41) is 0. The maximum atomic E-state index is 13.4. The first-order valence-electron chi connectivity index (χ1n) is 11.6. The van der Waals surface area contributed by atoms with Gasteiger partial charge in [0.1, 0.15) is 11.6 Å². The Morgan fingerprint density at radius 1 is 1.18 bits per heavy atom. The Kier molecular flexibility index (Phi) is 7.06. The molecule has 0 bridgehead atoms. The van der Waals surface area contributed by atoms with E-state index in [1.807, 2.05) is 25.1 Å². The third-order valence-electron chi connectivity index (χ3n) is 6.44. The van der Waals surface area contributed by atoms with Crippen molar-refractivity contribution in [1.29, 1.82) is 0 Å². The molecule has 4 rings (SSSR count). The monoisotopic (exact) mass is 451 g/mol. The molecular weight excluding hydrogens is 421 g/mol. The van der Waals surface area contributed by atoms with Crippen LogP contribution < -0.4 is 0 Å². The Morgan fingerprint density at radius 2 is 2.00 bits per heavy atom. The second kappa shape index (κ2) is 10.1. The minimum atomic E-state index is -0.684. The van der Waals surface area contributed by atoms with Crippen molar-refractivity contribution in [2.45, 2.75) is 45.4 Å². The lowest BCUT2D eigenvalue weighted by Gasteiger charge is -2.41. The summed E-state index contributed by atoms with van der Waals surface area (Å²) in [6.45, 7) is 3.15. The van der Waals surface area contributed by atoms with Gasteiger partial charge in [-0.2, -0.15) is 0 Å². The molecule has 1 saturated heterocycles. The molecule has 0 spiro atoms. The lowest BCUT2D eigenvalue weighted by Crippen LogP contribution is -2.50. The number of aromatic nitrogens is 2. The fourth-order valence-electron chi connectivity index (χ4n) is 4.67. The number of nitrogens with zero attached hydrogens (tertiary/aromatic N) is 2. The Hall–Kier alpha value is -3.22. The summed E-state index contributed by atoms with van der Waals surface area (Å²) in [6.07, 6.45) is 3.61. The summed E-state index contributed by atoms with van der Waals surface area (Å²) in [5.41, 5.74) is 1.79. The number of fused-ring (bicyclic) bond motifs is 1. The average molecular weight is 452 g/mol. The summed E-state index contributed by atoms with van der Waals surface area (Å²) in [7, 11) is 0. The van der Waals surface area contributed by atoms with Crippen molar-refractivity contribution in [3.05, 3.63) is 65.7 Å². The fraction of sp³-hybridized carbons (Fsp3) is 0.423. The van der Waals surface area contributed by atoms with E-state index < -0.39 is 5.41 Å². The normalized spacial score (nSPS) is 18.4. The van der Waals surface area contributed by atoms with Crippen LogP contribution in [0.3, 0.4) is 0 Å². The number of likely N-dealkylation sites (tertiary alicyclic amines) is 1. The number of carbonyl (C=O) groups excluding carboxylic acids is 2. The lowest BCUT2D eigenvalue weighted by molar-refractivity contribution is -0.161. The number of carbonyl (C=O) groups is 2. The van der Waals surface area contributed by atoms with Gasteiger partial charge in [0.05, 0.1) is 23.1 Å². The van der Waals surface area contributed by atoms with Crippen LogP contribution in [0.5, 0.6) is 0 Å². The summed E-state index contributed by atoms with van der Waals surface area (Å²) in [5.74, 6) is 0.113. The van der Waals surface area contributed by atoms with Gasteiger partial charge in [0.25, 0.3) is 0 Å². The Balaban J connectivity index is 1.42. The van der Waals surface area contributed by atoms with E-state index >= 15 is 0 Å². The van der Waals surface area contributed by atoms with Crippen molar-refractivity contribution in [2.24, 2.45) is 5.41 Å². The second-order valence-corrected chi connectivity index (χ2v) is 8.75. The number of esters is 1. The molecule has 0 radical (unpaired) electrons. The number of hydrogen-bond acceptors (Lipinski definition) is 4. The van der Waals surface area contributed by atoms with Crippen LogP contribution in [-0.4, -0.2) is 46.4 Å². The summed E-state index contributed by atoms with van der Waals surface area (Å²) in [4.78, 5) is 35.4. The van der Waals surface area contributed by atoms with E-state index in [1.165, 1.54) is 17.7 Å². The number of imidazole rings is 1. The van der Waals surface area contributed by atoms with Gasteiger partial charge in [-0.25, -0.2) is 9.37 Å². The summed E-state index contributed by atoms with van der Waals surface area (Å²) < 4.78 is 18.9. The molecule has 1 aliphatic heterocycles. The zero-order valence-corrected chi connectivity index (χ0v) is 19.0. The van der Waals surface area contributed by atoms with Gasteiger partial charge in [-0.15, -0.1) is 0 Å². The van der Waals surface area contributed by atoms with Crippen LogP contribution in [-0.2, 0) is 27.2 Å². The quantitative estimate of drug-likeness (QED) is 0.514. The second-order valence-electron chi connectivity index (χ2n) is 8.75. The number of benzene rings is 2. The number of amides is 1. The largest absolute Gasteiger partial charge is 0.466 e. The molecule has 1 unspecified atom stereocenters. The maximum Gasteiger partial charge on any atom is 0.313 e. The van der Waals surface area contributed by atoms with Crippen molar-refractivity contribution in [3.8, 4) is 0 Å². The molecule has 7 heteroatoms. The maximum absolute atomic E-state index is 13.4. The zero-order valence-electron chi connectivity index (χ0n) is 19.0. The third kappa shape index (κ3) is 5.41. The highest BCUT2D eigenvalue weighted by Gasteiger charge is 2.44.